The number of amides is 1. The van der Waals surface area contributed by atoms with Crippen molar-refractivity contribution in [2.24, 2.45) is 0 Å². The third-order valence-corrected chi connectivity index (χ3v) is 10.7. The molecule has 4 rings (SSSR count). The van der Waals surface area contributed by atoms with Crippen LogP contribution in [-0.2, 0) is 25.7 Å². The third-order valence-electron chi connectivity index (χ3n) is 6.41. The number of carbonyl (C=O) groups is 3. The van der Waals surface area contributed by atoms with E-state index in [1.807, 2.05) is 121 Å². The summed E-state index contributed by atoms with van der Waals surface area (Å²) < 4.78 is 10.9. The van der Waals surface area contributed by atoms with Gasteiger partial charge in [0, 0.05) is 0 Å². The third kappa shape index (κ3) is 6.24. The number of ketones is 1. The van der Waals surface area contributed by atoms with E-state index in [0.29, 0.717) is 0 Å². The summed E-state index contributed by atoms with van der Waals surface area (Å²) in [5.74, 6) is -1.23. The number of hydrogen-bond acceptors (Lipinski definition) is 5. The lowest BCUT2D eigenvalue weighted by Crippen LogP contribution is -2.47. The Morgan fingerprint density at radius 1 is 0.675 bits per heavy atom. The van der Waals surface area contributed by atoms with Crippen LogP contribution >= 0.6 is 6.89 Å². The number of rotatable bonds is 10. The molecule has 0 saturated heterocycles. The Morgan fingerprint density at radius 3 is 1.52 bits per heavy atom. The largest absolute Gasteiger partial charge is 0.462 e. The normalized spacial score (nSPS) is 11.7. The maximum absolute atomic E-state index is 14.4. The van der Waals surface area contributed by atoms with E-state index in [2.05, 4.69) is 5.32 Å². The lowest BCUT2D eigenvalue weighted by molar-refractivity contribution is -0.135. The van der Waals surface area contributed by atoms with Crippen molar-refractivity contribution in [1.82, 2.24) is 5.32 Å². The van der Waals surface area contributed by atoms with Gasteiger partial charge >= 0.3 is 12.1 Å². The average molecular weight is 554 g/mol. The molecule has 0 fully saturated rings. The molecule has 0 aromatic heterocycles. The Balaban J connectivity index is 1.89. The zero-order chi connectivity index (χ0) is 28.4. The van der Waals surface area contributed by atoms with Crippen molar-refractivity contribution in [3.05, 3.63) is 127 Å². The first-order valence-electron chi connectivity index (χ1n) is 13.1. The molecule has 0 saturated carbocycles. The molecule has 1 unspecified atom stereocenters. The zero-order valence-corrected chi connectivity index (χ0v) is 23.4. The highest BCUT2D eigenvalue weighted by molar-refractivity contribution is 7.97. The highest BCUT2D eigenvalue weighted by Crippen LogP contribution is 2.46. The molecule has 1 amide bonds. The van der Waals surface area contributed by atoms with Crippen molar-refractivity contribution in [3.8, 4) is 0 Å². The quantitative estimate of drug-likeness (QED) is 0.176. The van der Waals surface area contributed by atoms with Gasteiger partial charge in [-0.1, -0.05) is 121 Å². The molecule has 0 bridgehead atoms. The van der Waals surface area contributed by atoms with E-state index in [-0.39, 0.29) is 18.5 Å². The van der Waals surface area contributed by atoms with Gasteiger partial charge in [-0.15, -0.1) is 0 Å². The van der Waals surface area contributed by atoms with Crippen LogP contribution in [0.2, 0.25) is 0 Å². The molecule has 0 aliphatic heterocycles. The Bertz CT molecular complexity index is 1390. The molecule has 204 valence electrons. The van der Waals surface area contributed by atoms with Gasteiger partial charge in [0.1, 0.15) is 11.9 Å². The van der Waals surface area contributed by atoms with Crippen LogP contribution in [0.3, 0.4) is 0 Å². The van der Waals surface area contributed by atoms with Gasteiger partial charge in [-0.05, 0) is 42.2 Å². The summed E-state index contributed by atoms with van der Waals surface area (Å²) in [5, 5.41) is 5.11. The molecule has 1 N–H and O–H groups in total. The summed E-state index contributed by atoms with van der Waals surface area (Å²) >= 11 is 0. The van der Waals surface area contributed by atoms with Crippen molar-refractivity contribution in [2.45, 2.75) is 26.5 Å². The summed E-state index contributed by atoms with van der Waals surface area (Å²) in [6.45, 7) is 0.341. The number of esters is 1. The fraction of sp³-hybridized carbons (Fsp3) is 0.152. The SMILES string of the molecule is CCOC(=O)C(C(=O)C(C)NC(=O)OCc1ccccc1)=P(c1ccccc1)(c1ccccc1)c1ccccc1. The van der Waals surface area contributed by atoms with Gasteiger partial charge in [0.15, 0.2) is 5.78 Å². The lowest BCUT2D eigenvalue weighted by atomic mass is 10.1. The fourth-order valence-corrected chi connectivity index (χ4v) is 8.99. The van der Waals surface area contributed by atoms with Gasteiger partial charge in [0.05, 0.1) is 12.6 Å². The van der Waals surface area contributed by atoms with Crippen molar-refractivity contribution in [2.75, 3.05) is 6.61 Å². The van der Waals surface area contributed by atoms with Gasteiger partial charge in [0.2, 0.25) is 0 Å². The van der Waals surface area contributed by atoms with E-state index < -0.39 is 30.8 Å². The number of benzene rings is 4. The molecule has 1 atom stereocenters. The van der Waals surface area contributed by atoms with Crippen LogP contribution in [0.25, 0.3) is 0 Å². The van der Waals surface area contributed by atoms with Gasteiger partial charge < -0.3 is 14.8 Å². The van der Waals surface area contributed by atoms with Crippen LogP contribution in [0.4, 0.5) is 4.79 Å². The first-order valence-corrected chi connectivity index (χ1v) is 14.9. The molecule has 40 heavy (non-hydrogen) atoms. The fourth-order valence-electron chi connectivity index (χ4n) is 4.60. The van der Waals surface area contributed by atoms with E-state index in [4.69, 9.17) is 9.47 Å². The summed E-state index contributed by atoms with van der Waals surface area (Å²) in [6, 6.07) is 36.9. The molecule has 6 nitrogen and oxygen atoms in total. The van der Waals surface area contributed by atoms with E-state index in [0.717, 1.165) is 21.5 Å². The Kier molecular flexibility index (Phi) is 9.71. The Hall–Kier alpha value is -4.41. The van der Waals surface area contributed by atoms with Crippen LogP contribution in [0.5, 0.6) is 0 Å². The van der Waals surface area contributed by atoms with Gasteiger partial charge in [-0.3, -0.25) is 4.79 Å². The van der Waals surface area contributed by atoms with Gasteiger partial charge in [-0.2, -0.15) is 0 Å². The number of nitrogens with one attached hydrogen (secondary N) is 1. The van der Waals surface area contributed by atoms with E-state index in [1.165, 1.54) is 0 Å². The summed E-state index contributed by atoms with van der Waals surface area (Å²) in [4.78, 5) is 40.9. The molecular formula is C33H32NO5P. The van der Waals surface area contributed by atoms with E-state index in [1.54, 1.807) is 13.8 Å². The highest BCUT2D eigenvalue weighted by atomic mass is 31.2. The highest BCUT2D eigenvalue weighted by Gasteiger charge is 2.39. The molecule has 4 aromatic carbocycles. The molecule has 7 heteroatoms. The van der Waals surface area contributed by atoms with Crippen molar-refractivity contribution >= 4 is 45.9 Å². The van der Waals surface area contributed by atoms with Crippen LogP contribution in [-0.4, -0.2) is 35.8 Å². The zero-order valence-electron chi connectivity index (χ0n) is 22.5. The summed E-state index contributed by atoms with van der Waals surface area (Å²) in [7, 11) is 0. The predicted molar refractivity (Wildman–Crippen MR) is 161 cm³/mol. The molecule has 0 heterocycles. The summed E-state index contributed by atoms with van der Waals surface area (Å²) in [5.41, 5.74) is 0.817. The standard InChI is InChI=1S/C33H32NO5P/c1-3-38-32(36)31(30(35)25(2)34-33(37)39-24-26-16-8-4-9-17-26)40(27-18-10-5-11-19-27,28-20-12-6-13-21-28)29-22-14-7-15-23-29/h4-23,25H,3,24H2,1-2H3,(H,34,37). The van der Waals surface area contributed by atoms with Crippen LogP contribution in [0.15, 0.2) is 121 Å². The second-order valence-corrected chi connectivity index (χ2v) is 12.4. The monoisotopic (exact) mass is 553 g/mol. The second-order valence-electron chi connectivity index (χ2n) is 9.04. The minimum Gasteiger partial charge on any atom is -0.462 e. The number of carbonyl (C=O) groups excluding carboxylic acids is 3. The van der Waals surface area contributed by atoms with Gasteiger partial charge in [0.25, 0.3) is 0 Å². The molecule has 4 aromatic rings. The smallest absolute Gasteiger partial charge is 0.408 e. The second kappa shape index (κ2) is 13.6. The molecule has 0 spiro atoms. The number of hydrogen-bond donors (Lipinski definition) is 1. The van der Waals surface area contributed by atoms with Crippen LogP contribution in [0.1, 0.15) is 19.4 Å². The summed E-state index contributed by atoms with van der Waals surface area (Å²) in [6.07, 6.45) is -0.754. The lowest BCUT2D eigenvalue weighted by Gasteiger charge is -2.32. The number of alkyl carbamates (subject to hydrolysis) is 1. The van der Waals surface area contributed by atoms with Crippen molar-refractivity contribution < 1.29 is 23.9 Å². The van der Waals surface area contributed by atoms with Gasteiger partial charge in [-0.25, -0.2) is 9.59 Å². The Labute approximate surface area is 234 Å². The van der Waals surface area contributed by atoms with E-state index >= 15 is 0 Å². The molecule has 0 radical (unpaired) electrons. The maximum Gasteiger partial charge on any atom is 0.408 e. The van der Waals surface area contributed by atoms with Crippen molar-refractivity contribution in [1.29, 1.82) is 0 Å². The number of ether oxygens (including phenoxy) is 2. The van der Waals surface area contributed by atoms with Crippen molar-refractivity contribution in [3.63, 3.8) is 0 Å². The van der Waals surface area contributed by atoms with E-state index in [9.17, 15) is 14.4 Å². The number of Topliss-reactive ketones (excluding diaryl/α,β-unsaturated/α-hetero) is 1. The van der Waals surface area contributed by atoms with Crippen LogP contribution in [0, 0.1) is 0 Å². The topological polar surface area (TPSA) is 81.7 Å². The first kappa shape index (κ1) is 28.6. The minimum absolute atomic E-state index is 0.00816. The predicted octanol–water partition coefficient (Wildman–Crippen LogP) is 4.60. The molecule has 0 aliphatic carbocycles. The molecular weight excluding hydrogens is 521 g/mol. The van der Waals surface area contributed by atoms with Crippen LogP contribution < -0.4 is 21.2 Å². The maximum atomic E-state index is 14.4. The Morgan fingerprint density at radius 2 is 1.10 bits per heavy atom. The first-order chi connectivity index (χ1) is 19.5. The average Bonchev–Trinajstić information content (AvgIpc) is 3.00. The minimum atomic E-state index is -3.07. The molecule has 0 aliphatic rings.